The number of sulfonamides is 1. The van der Waals surface area contributed by atoms with Gasteiger partial charge in [-0.05, 0) is 68.3 Å². The molecule has 0 saturated heterocycles. The average Bonchev–Trinajstić information content (AvgIpc) is 3.03. The molecular formula is C35H39N3O5S. The van der Waals surface area contributed by atoms with Crippen LogP contribution in [0.25, 0.3) is 0 Å². The molecule has 0 bridgehead atoms. The summed E-state index contributed by atoms with van der Waals surface area (Å²) in [6, 6.07) is 29.3. The van der Waals surface area contributed by atoms with E-state index < -0.39 is 28.5 Å². The molecule has 4 aromatic rings. The molecule has 0 spiro atoms. The smallest absolute Gasteiger partial charge is 0.264 e. The Labute approximate surface area is 260 Å². The maximum absolute atomic E-state index is 14.4. The molecule has 0 fully saturated rings. The fraction of sp³-hybridized carbons (Fsp3) is 0.257. The lowest BCUT2D eigenvalue weighted by Crippen LogP contribution is -2.53. The molecule has 0 aromatic heterocycles. The number of methoxy groups -OCH3 is 1. The van der Waals surface area contributed by atoms with Crippen LogP contribution in [-0.2, 0) is 32.6 Å². The van der Waals surface area contributed by atoms with Crippen molar-refractivity contribution < 1.29 is 22.7 Å². The highest BCUT2D eigenvalue weighted by atomic mass is 32.2. The molecule has 4 rings (SSSR count). The minimum atomic E-state index is -4.17. The van der Waals surface area contributed by atoms with Crippen molar-refractivity contribution in [3.63, 3.8) is 0 Å². The van der Waals surface area contributed by atoms with Crippen molar-refractivity contribution in [2.45, 2.75) is 44.7 Å². The molecule has 0 heterocycles. The van der Waals surface area contributed by atoms with Crippen LogP contribution in [-0.4, -0.2) is 51.4 Å². The first-order valence-electron chi connectivity index (χ1n) is 14.5. The second kappa shape index (κ2) is 14.7. The first kappa shape index (κ1) is 32.3. The minimum Gasteiger partial charge on any atom is -0.497 e. The Morgan fingerprint density at radius 3 is 1.95 bits per heavy atom. The maximum Gasteiger partial charge on any atom is 0.264 e. The van der Waals surface area contributed by atoms with Crippen LogP contribution in [0.3, 0.4) is 0 Å². The normalized spacial score (nSPS) is 11.8. The number of aryl methyl sites for hydroxylation is 2. The quantitative estimate of drug-likeness (QED) is 0.221. The summed E-state index contributed by atoms with van der Waals surface area (Å²) in [7, 11) is -2.64. The van der Waals surface area contributed by atoms with Gasteiger partial charge in [-0.2, -0.15) is 0 Å². The van der Waals surface area contributed by atoms with Crippen molar-refractivity contribution in [2.24, 2.45) is 0 Å². The van der Waals surface area contributed by atoms with E-state index in [0.717, 1.165) is 26.6 Å². The van der Waals surface area contributed by atoms with Gasteiger partial charge in [0.2, 0.25) is 11.8 Å². The Bertz CT molecular complexity index is 1640. The molecule has 0 saturated carbocycles. The topological polar surface area (TPSA) is 96.0 Å². The number of nitrogens with zero attached hydrogens (tertiary/aromatic N) is 2. The molecule has 4 aromatic carbocycles. The van der Waals surface area contributed by atoms with Gasteiger partial charge in [0.15, 0.2) is 0 Å². The summed E-state index contributed by atoms with van der Waals surface area (Å²) < 4.78 is 34.6. The molecule has 44 heavy (non-hydrogen) atoms. The van der Waals surface area contributed by atoms with Crippen LogP contribution in [0.1, 0.15) is 29.2 Å². The largest absolute Gasteiger partial charge is 0.497 e. The predicted molar refractivity (Wildman–Crippen MR) is 173 cm³/mol. The number of carbonyl (C=O) groups excluding carboxylic acids is 2. The van der Waals surface area contributed by atoms with Crippen molar-refractivity contribution in [3.05, 3.63) is 125 Å². The Morgan fingerprint density at radius 2 is 1.39 bits per heavy atom. The first-order valence-corrected chi connectivity index (χ1v) is 16.0. The first-order chi connectivity index (χ1) is 21.1. The van der Waals surface area contributed by atoms with Gasteiger partial charge < -0.3 is 15.0 Å². The van der Waals surface area contributed by atoms with Gasteiger partial charge in [-0.15, -0.1) is 0 Å². The van der Waals surface area contributed by atoms with Crippen molar-refractivity contribution in [3.8, 4) is 5.75 Å². The van der Waals surface area contributed by atoms with Gasteiger partial charge in [0.05, 0.1) is 17.7 Å². The third-order valence-electron chi connectivity index (χ3n) is 7.34. The van der Waals surface area contributed by atoms with E-state index in [1.807, 2.05) is 75.4 Å². The Hall–Kier alpha value is -4.63. The highest BCUT2D eigenvalue weighted by Crippen LogP contribution is 2.27. The van der Waals surface area contributed by atoms with Crippen LogP contribution in [0.5, 0.6) is 5.75 Å². The molecule has 0 unspecified atom stereocenters. The van der Waals surface area contributed by atoms with Crippen molar-refractivity contribution >= 4 is 27.5 Å². The zero-order valence-electron chi connectivity index (χ0n) is 25.6. The zero-order chi connectivity index (χ0) is 31.7. The fourth-order valence-electron chi connectivity index (χ4n) is 4.85. The fourth-order valence-corrected chi connectivity index (χ4v) is 6.27. The van der Waals surface area contributed by atoms with Crippen LogP contribution in [0, 0.1) is 13.8 Å². The zero-order valence-corrected chi connectivity index (χ0v) is 26.4. The van der Waals surface area contributed by atoms with Gasteiger partial charge in [-0.25, -0.2) is 8.42 Å². The Morgan fingerprint density at radius 1 is 0.795 bits per heavy atom. The van der Waals surface area contributed by atoms with Gasteiger partial charge in [-0.1, -0.05) is 77.9 Å². The second-order valence-electron chi connectivity index (χ2n) is 10.6. The number of carbonyl (C=O) groups is 2. The summed E-state index contributed by atoms with van der Waals surface area (Å²) in [5.41, 5.74) is 3.97. The molecule has 0 aliphatic heterocycles. The number of likely N-dealkylation sites (N-methyl/N-ethyl adjacent to an activating group) is 1. The lowest BCUT2D eigenvalue weighted by atomic mass is 10.0. The number of anilines is 1. The molecule has 8 nitrogen and oxygen atoms in total. The van der Waals surface area contributed by atoms with Crippen LogP contribution in [0.15, 0.2) is 108 Å². The summed E-state index contributed by atoms with van der Waals surface area (Å²) in [4.78, 5) is 29.5. The van der Waals surface area contributed by atoms with Crippen LogP contribution in [0.2, 0.25) is 0 Å². The van der Waals surface area contributed by atoms with Crippen LogP contribution < -0.4 is 14.4 Å². The average molecular weight is 614 g/mol. The van der Waals surface area contributed by atoms with Gasteiger partial charge in [0.25, 0.3) is 10.0 Å². The molecular weight excluding hydrogens is 574 g/mol. The SMILES string of the molecule is CCNC(=O)[C@@H](Cc1ccccc1)N(Cc1ccc(C)cc1)C(=O)CN(c1ccc(OC)cc1)S(=O)(=O)c1ccc(C)cc1. The molecule has 2 amide bonds. The van der Waals surface area contributed by atoms with Gasteiger partial charge in [0, 0.05) is 19.5 Å². The summed E-state index contributed by atoms with van der Waals surface area (Å²) in [5.74, 6) is -0.272. The molecule has 0 aliphatic rings. The summed E-state index contributed by atoms with van der Waals surface area (Å²) >= 11 is 0. The van der Waals surface area contributed by atoms with Crippen molar-refractivity contribution in [1.82, 2.24) is 10.2 Å². The summed E-state index contributed by atoms with van der Waals surface area (Å²) in [6.45, 7) is 5.66. The number of benzene rings is 4. The van der Waals surface area contributed by atoms with E-state index in [-0.39, 0.29) is 23.8 Å². The number of hydrogen-bond acceptors (Lipinski definition) is 5. The maximum atomic E-state index is 14.4. The predicted octanol–water partition coefficient (Wildman–Crippen LogP) is 5.28. The van der Waals surface area contributed by atoms with E-state index in [0.29, 0.717) is 18.0 Å². The minimum absolute atomic E-state index is 0.0568. The van der Waals surface area contributed by atoms with Crippen LogP contribution >= 0.6 is 0 Å². The number of rotatable bonds is 13. The molecule has 0 aliphatic carbocycles. The van der Waals surface area contributed by atoms with Crippen LogP contribution in [0.4, 0.5) is 5.69 Å². The van der Waals surface area contributed by atoms with E-state index in [4.69, 9.17) is 4.74 Å². The van der Waals surface area contributed by atoms with E-state index in [9.17, 15) is 18.0 Å². The van der Waals surface area contributed by atoms with E-state index in [2.05, 4.69) is 5.32 Å². The molecule has 1 N–H and O–H groups in total. The van der Waals surface area contributed by atoms with E-state index >= 15 is 0 Å². The lowest BCUT2D eigenvalue weighted by Gasteiger charge is -2.34. The van der Waals surface area contributed by atoms with Gasteiger partial charge in [0.1, 0.15) is 18.3 Å². The monoisotopic (exact) mass is 613 g/mol. The lowest BCUT2D eigenvalue weighted by molar-refractivity contribution is -0.140. The third-order valence-corrected chi connectivity index (χ3v) is 9.13. The Balaban J connectivity index is 1.79. The number of hydrogen-bond donors (Lipinski definition) is 1. The number of amides is 2. The standard InChI is InChI=1S/C35H39N3O5S/c1-5-36-35(40)33(23-28-9-7-6-8-10-28)37(24-29-15-11-26(2)12-16-29)34(39)25-38(30-17-19-31(43-4)20-18-30)44(41,42)32-21-13-27(3)14-22-32/h6-22,33H,5,23-25H2,1-4H3,(H,36,40)/t33-/m1/s1. The summed E-state index contributed by atoms with van der Waals surface area (Å²) in [5, 5.41) is 2.88. The number of ether oxygens (including phenoxy) is 1. The molecule has 230 valence electrons. The van der Waals surface area contributed by atoms with Gasteiger partial charge >= 0.3 is 0 Å². The summed E-state index contributed by atoms with van der Waals surface area (Å²) in [6.07, 6.45) is 0.261. The van der Waals surface area contributed by atoms with Gasteiger partial charge in [-0.3, -0.25) is 13.9 Å². The second-order valence-corrected chi connectivity index (χ2v) is 12.5. The Kier molecular flexibility index (Phi) is 10.8. The van der Waals surface area contributed by atoms with E-state index in [1.165, 1.54) is 24.1 Å². The highest BCUT2D eigenvalue weighted by Gasteiger charge is 2.34. The molecule has 9 heteroatoms. The van der Waals surface area contributed by atoms with Crippen molar-refractivity contribution in [1.29, 1.82) is 0 Å². The molecule has 1 atom stereocenters. The van der Waals surface area contributed by atoms with E-state index in [1.54, 1.807) is 36.4 Å². The highest BCUT2D eigenvalue weighted by molar-refractivity contribution is 7.92. The van der Waals surface area contributed by atoms with Crippen molar-refractivity contribution in [2.75, 3.05) is 24.5 Å². The third kappa shape index (κ3) is 8.05. The molecule has 0 radical (unpaired) electrons. The number of nitrogens with one attached hydrogen (secondary N) is 1.